The SMILES string of the molecule is CCCC(=O)O[C@@H]1C[C@@H](C(=O)O)N(C(=O)CCC)C1. The van der Waals surface area contributed by atoms with Crippen LogP contribution in [0.15, 0.2) is 0 Å². The molecule has 0 aromatic rings. The Labute approximate surface area is 112 Å². The molecule has 1 saturated heterocycles. The average Bonchev–Trinajstić information content (AvgIpc) is 2.73. The molecule has 0 saturated carbocycles. The number of rotatable bonds is 6. The molecule has 0 radical (unpaired) electrons. The fourth-order valence-electron chi connectivity index (χ4n) is 2.20. The van der Waals surface area contributed by atoms with E-state index >= 15 is 0 Å². The molecule has 0 unspecified atom stereocenters. The Hall–Kier alpha value is -1.59. The molecule has 1 fully saturated rings. The van der Waals surface area contributed by atoms with E-state index in [9.17, 15) is 14.4 Å². The highest BCUT2D eigenvalue weighted by Gasteiger charge is 2.40. The number of hydrogen-bond donors (Lipinski definition) is 1. The molecule has 1 heterocycles. The van der Waals surface area contributed by atoms with Gasteiger partial charge < -0.3 is 14.7 Å². The quantitative estimate of drug-likeness (QED) is 0.733. The Kier molecular flexibility index (Phi) is 5.79. The molecule has 1 aliphatic heterocycles. The zero-order valence-corrected chi connectivity index (χ0v) is 11.4. The predicted octanol–water partition coefficient (Wildman–Crippen LogP) is 1.18. The lowest BCUT2D eigenvalue weighted by atomic mass is 10.2. The monoisotopic (exact) mass is 271 g/mol. The van der Waals surface area contributed by atoms with E-state index in [1.807, 2.05) is 13.8 Å². The summed E-state index contributed by atoms with van der Waals surface area (Å²) >= 11 is 0. The van der Waals surface area contributed by atoms with Gasteiger partial charge in [-0.2, -0.15) is 0 Å². The molecule has 19 heavy (non-hydrogen) atoms. The molecular formula is C13H21NO5. The minimum Gasteiger partial charge on any atom is -0.480 e. The predicted molar refractivity (Wildman–Crippen MR) is 67.4 cm³/mol. The molecule has 0 spiro atoms. The standard InChI is InChI=1S/C13H21NO5/c1-3-5-11(15)14-8-9(7-10(14)13(17)18)19-12(16)6-4-2/h9-10H,3-8H2,1-2H3,(H,17,18)/t9-,10+/m1/s1. The van der Waals surface area contributed by atoms with Crippen LogP contribution in [-0.2, 0) is 19.1 Å². The van der Waals surface area contributed by atoms with Gasteiger partial charge in [-0.05, 0) is 12.8 Å². The molecule has 108 valence electrons. The molecular weight excluding hydrogens is 250 g/mol. The highest BCUT2D eigenvalue weighted by molar-refractivity contribution is 5.84. The number of esters is 1. The minimum atomic E-state index is -1.04. The number of carbonyl (C=O) groups excluding carboxylic acids is 2. The van der Waals surface area contributed by atoms with Gasteiger partial charge in [0.05, 0.1) is 6.54 Å². The topological polar surface area (TPSA) is 83.9 Å². The number of carboxylic acid groups (broad SMARTS) is 1. The van der Waals surface area contributed by atoms with E-state index in [2.05, 4.69) is 0 Å². The first-order valence-electron chi connectivity index (χ1n) is 6.71. The molecule has 1 rings (SSSR count). The van der Waals surface area contributed by atoms with Crippen LogP contribution in [0.5, 0.6) is 0 Å². The van der Waals surface area contributed by atoms with Crippen molar-refractivity contribution in [3.8, 4) is 0 Å². The lowest BCUT2D eigenvalue weighted by molar-refractivity contribution is -0.149. The van der Waals surface area contributed by atoms with Crippen molar-refractivity contribution in [1.82, 2.24) is 4.90 Å². The number of nitrogens with zero attached hydrogens (tertiary/aromatic N) is 1. The minimum absolute atomic E-state index is 0.181. The number of likely N-dealkylation sites (tertiary alicyclic amines) is 1. The Bertz CT molecular complexity index is 355. The van der Waals surface area contributed by atoms with E-state index in [4.69, 9.17) is 9.84 Å². The summed E-state index contributed by atoms with van der Waals surface area (Å²) in [5.74, 6) is -1.57. The zero-order valence-electron chi connectivity index (χ0n) is 11.4. The van der Waals surface area contributed by atoms with Crippen molar-refractivity contribution >= 4 is 17.8 Å². The lowest BCUT2D eigenvalue weighted by Gasteiger charge is -2.20. The normalized spacial score (nSPS) is 22.3. The van der Waals surface area contributed by atoms with Crippen LogP contribution in [0.1, 0.15) is 46.0 Å². The molecule has 6 heteroatoms. The molecule has 0 aliphatic carbocycles. The summed E-state index contributed by atoms with van der Waals surface area (Å²) in [5, 5.41) is 9.12. The summed E-state index contributed by atoms with van der Waals surface area (Å²) in [7, 11) is 0. The van der Waals surface area contributed by atoms with Crippen molar-refractivity contribution in [3.63, 3.8) is 0 Å². The van der Waals surface area contributed by atoms with Crippen molar-refractivity contribution in [2.24, 2.45) is 0 Å². The van der Waals surface area contributed by atoms with Gasteiger partial charge in [0, 0.05) is 19.3 Å². The summed E-state index contributed by atoms with van der Waals surface area (Å²) in [6.45, 7) is 3.92. The van der Waals surface area contributed by atoms with Crippen LogP contribution in [0.2, 0.25) is 0 Å². The van der Waals surface area contributed by atoms with E-state index in [1.54, 1.807) is 0 Å². The Morgan fingerprint density at radius 3 is 2.37 bits per heavy atom. The molecule has 0 bridgehead atoms. The first-order chi connectivity index (χ1) is 8.99. The van der Waals surface area contributed by atoms with Gasteiger partial charge in [-0.15, -0.1) is 0 Å². The summed E-state index contributed by atoms with van der Waals surface area (Å²) in [6, 6.07) is -0.876. The van der Waals surface area contributed by atoms with Gasteiger partial charge >= 0.3 is 11.9 Å². The van der Waals surface area contributed by atoms with E-state index in [0.717, 1.165) is 0 Å². The van der Waals surface area contributed by atoms with Crippen LogP contribution in [0.25, 0.3) is 0 Å². The van der Waals surface area contributed by atoms with Crippen LogP contribution in [0.4, 0.5) is 0 Å². The lowest BCUT2D eigenvalue weighted by Crippen LogP contribution is -2.40. The number of amides is 1. The van der Waals surface area contributed by atoms with Crippen molar-refractivity contribution in [1.29, 1.82) is 0 Å². The van der Waals surface area contributed by atoms with E-state index in [-0.39, 0.29) is 24.8 Å². The fraction of sp³-hybridized carbons (Fsp3) is 0.769. The zero-order chi connectivity index (χ0) is 14.4. The Morgan fingerprint density at radius 1 is 1.21 bits per heavy atom. The number of ether oxygens (including phenoxy) is 1. The number of hydrogen-bond acceptors (Lipinski definition) is 4. The maximum atomic E-state index is 11.8. The maximum Gasteiger partial charge on any atom is 0.326 e. The van der Waals surface area contributed by atoms with Gasteiger partial charge in [-0.25, -0.2) is 4.79 Å². The van der Waals surface area contributed by atoms with Crippen LogP contribution in [0.3, 0.4) is 0 Å². The smallest absolute Gasteiger partial charge is 0.326 e. The molecule has 0 aromatic heterocycles. The average molecular weight is 271 g/mol. The number of carbonyl (C=O) groups is 3. The third-order valence-corrected chi connectivity index (χ3v) is 3.08. The van der Waals surface area contributed by atoms with Crippen molar-refractivity contribution in [2.45, 2.75) is 58.1 Å². The van der Waals surface area contributed by atoms with E-state index in [1.165, 1.54) is 4.90 Å². The highest BCUT2D eigenvalue weighted by atomic mass is 16.5. The first-order valence-corrected chi connectivity index (χ1v) is 6.71. The van der Waals surface area contributed by atoms with Crippen molar-refractivity contribution < 1.29 is 24.2 Å². The van der Waals surface area contributed by atoms with Gasteiger partial charge in [0.15, 0.2) is 0 Å². The summed E-state index contributed by atoms with van der Waals surface area (Å²) < 4.78 is 5.19. The van der Waals surface area contributed by atoms with E-state index in [0.29, 0.717) is 25.7 Å². The third kappa shape index (κ3) is 4.22. The Balaban J connectivity index is 2.64. The molecule has 2 atom stereocenters. The van der Waals surface area contributed by atoms with Crippen LogP contribution >= 0.6 is 0 Å². The largest absolute Gasteiger partial charge is 0.480 e. The van der Waals surface area contributed by atoms with E-state index < -0.39 is 18.1 Å². The van der Waals surface area contributed by atoms with Crippen LogP contribution in [0, 0.1) is 0 Å². The summed E-state index contributed by atoms with van der Waals surface area (Å²) in [6.07, 6.45) is 1.67. The number of carboxylic acids is 1. The molecule has 1 N–H and O–H groups in total. The highest BCUT2D eigenvalue weighted by Crippen LogP contribution is 2.22. The summed E-state index contributed by atoms with van der Waals surface area (Å²) in [4.78, 5) is 35.7. The molecule has 0 aromatic carbocycles. The van der Waals surface area contributed by atoms with Gasteiger partial charge in [0.25, 0.3) is 0 Å². The Morgan fingerprint density at radius 2 is 1.84 bits per heavy atom. The third-order valence-electron chi connectivity index (χ3n) is 3.08. The second kappa shape index (κ2) is 7.11. The fourth-order valence-corrected chi connectivity index (χ4v) is 2.20. The van der Waals surface area contributed by atoms with Gasteiger partial charge in [0.1, 0.15) is 12.1 Å². The molecule has 1 amide bonds. The molecule has 1 aliphatic rings. The second-order valence-electron chi connectivity index (χ2n) is 4.75. The van der Waals surface area contributed by atoms with Gasteiger partial charge in [0.2, 0.25) is 5.91 Å². The van der Waals surface area contributed by atoms with Crippen molar-refractivity contribution in [3.05, 3.63) is 0 Å². The van der Waals surface area contributed by atoms with Crippen LogP contribution < -0.4 is 0 Å². The second-order valence-corrected chi connectivity index (χ2v) is 4.75. The maximum absolute atomic E-state index is 11.8. The molecule has 6 nitrogen and oxygen atoms in total. The van der Waals surface area contributed by atoms with Crippen LogP contribution in [-0.4, -0.2) is 46.5 Å². The first kappa shape index (κ1) is 15.5. The van der Waals surface area contributed by atoms with Gasteiger partial charge in [-0.1, -0.05) is 13.8 Å². The van der Waals surface area contributed by atoms with Gasteiger partial charge in [-0.3, -0.25) is 9.59 Å². The number of aliphatic carboxylic acids is 1. The summed E-state index contributed by atoms with van der Waals surface area (Å²) in [5.41, 5.74) is 0. The van der Waals surface area contributed by atoms with Crippen molar-refractivity contribution in [2.75, 3.05) is 6.54 Å².